The summed E-state index contributed by atoms with van der Waals surface area (Å²) in [5.41, 5.74) is -1.26. The first-order valence-corrected chi connectivity index (χ1v) is 8.45. The Morgan fingerprint density at radius 3 is 2.35 bits per heavy atom. The van der Waals surface area contributed by atoms with E-state index in [0.717, 1.165) is 6.42 Å². The zero-order chi connectivity index (χ0) is 16.4. The highest BCUT2D eigenvalue weighted by atomic mass is 35.5. The van der Waals surface area contributed by atoms with Crippen molar-refractivity contribution in [3.8, 4) is 0 Å². The lowest BCUT2D eigenvalue weighted by molar-refractivity contribution is -0.169. The third-order valence-electron chi connectivity index (χ3n) is 6.17. The van der Waals surface area contributed by atoms with Gasteiger partial charge in [0.25, 0.3) is 0 Å². The first-order valence-electron chi connectivity index (χ1n) is 8.07. The van der Waals surface area contributed by atoms with Crippen LogP contribution in [0.15, 0.2) is 18.2 Å². The van der Waals surface area contributed by atoms with Crippen LogP contribution in [0, 0.1) is 28.5 Å². The number of carboxylic acids is 1. The van der Waals surface area contributed by atoms with Crippen LogP contribution in [0.25, 0.3) is 0 Å². The van der Waals surface area contributed by atoms with Crippen molar-refractivity contribution in [2.24, 2.45) is 22.7 Å². The first kappa shape index (κ1) is 15.1. The van der Waals surface area contributed by atoms with Gasteiger partial charge in [-0.3, -0.25) is 9.59 Å². The molecule has 4 aliphatic carbocycles. The SMILES string of the molecule is O=C(O)C12CC3CC(C1)CC(C(=O)c1cc(F)ccc1Cl)(C3)C2. The molecule has 23 heavy (non-hydrogen) atoms. The normalized spacial score (nSPS) is 37.8. The maximum Gasteiger partial charge on any atom is 0.309 e. The number of halogens is 2. The highest BCUT2D eigenvalue weighted by molar-refractivity contribution is 6.34. The van der Waals surface area contributed by atoms with Crippen molar-refractivity contribution in [1.29, 1.82) is 0 Å². The van der Waals surface area contributed by atoms with Crippen LogP contribution in [-0.4, -0.2) is 16.9 Å². The summed E-state index contributed by atoms with van der Waals surface area (Å²) in [6.45, 7) is 0. The Hall–Kier alpha value is -1.42. The molecule has 2 unspecified atom stereocenters. The molecule has 2 atom stereocenters. The number of aliphatic carboxylic acids is 1. The fourth-order valence-electron chi connectivity index (χ4n) is 5.74. The lowest BCUT2D eigenvalue weighted by Gasteiger charge is -2.59. The summed E-state index contributed by atoms with van der Waals surface area (Å²) >= 11 is 6.12. The molecule has 0 spiro atoms. The summed E-state index contributed by atoms with van der Waals surface area (Å²) in [7, 11) is 0. The molecule has 1 N–H and O–H groups in total. The van der Waals surface area contributed by atoms with Gasteiger partial charge >= 0.3 is 5.97 Å². The molecule has 0 heterocycles. The number of benzene rings is 1. The van der Waals surface area contributed by atoms with E-state index in [4.69, 9.17) is 11.6 Å². The van der Waals surface area contributed by atoms with E-state index < -0.39 is 22.6 Å². The standard InChI is InChI=1S/C18H18ClFO3/c19-14-2-1-12(20)4-13(14)15(21)17-5-10-3-11(6-17)8-18(7-10,9-17)16(22)23/h1-2,4,10-11H,3,5-9H2,(H,22,23). The van der Waals surface area contributed by atoms with Crippen molar-refractivity contribution >= 4 is 23.4 Å². The Morgan fingerprint density at radius 2 is 1.74 bits per heavy atom. The fraction of sp³-hybridized carbons (Fsp3) is 0.556. The monoisotopic (exact) mass is 336 g/mol. The van der Waals surface area contributed by atoms with Crippen molar-refractivity contribution < 1.29 is 19.1 Å². The molecule has 1 aromatic carbocycles. The molecule has 4 bridgehead atoms. The van der Waals surface area contributed by atoms with Gasteiger partial charge in [-0.05, 0) is 68.6 Å². The van der Waals surface area contributed by atoms with Gasteiger partial charge in [0.15, 0.2) is 5.78 Å². The van der Waals surface area contributed by atoms with Crippen LogP contribution in [0.4, 0.5) is 4.39 Å². The van der Waals surface area contributed by atoms with Gasteiger partial charge in [-0.25, -0.2) is 4.39 Å². The van der Waals surface area contributed by atoms with Gasteiger partial charge in [-0.2, -0.15) is 0 Å². The van der Waals surface area contributed by atoms with Gasteiger partial charge in [0.05, 0.1) is 10.4 Å². The van der Waals surface area contributed by atoms with Crippen molar-refractivity contribution in [2.75, 3.05) is 0 Å². The highest BCUT2D eigenvalue weighted by Crippen LogP contribution is 2.66. The minimum Gasteiger partial charge on any atom is -0.481 e. The molecule has 5 heteroatoms. The summed E-state index contributed by atoms with van der Waals surface area (Å²) < 4.78 is 13.6. The van der Waals surface area contributed by atoms with Crippen LogP contribution in [0.5, 0.6) is 0 Å². The van der Waals surface area contributed by atoms with Gasteiger partial charge in [0.1, 0.15) is 5.82 Å². The first-order chi connectivity index (χ1) is 10.8. The summed E-state index contributed by atoms with van der Waals surface area (Å²) in [6, 6.07) is 3.83. The van der Waals surface area contributed by atoms with Crippen LogP contribution in [0.3, 0.4) is 0 Å². The molecule has 5 rings (SSSR count). The van der Waals surface area contributed by atoms with E-state index in [1.807, 2.05) is 0 Å². The third kappa shape index (κ3) is 2.14. The molecule has 0 aromatic heterocycles. The lowest BCUT2D eigenvalue weighted by Crippen LogP contribution is -2.57. The van der Waals surface area contributed by atoms with Crippen LogP contribution in [0.1, 0.15) is 48.9 Å². The topological polar surface area (TPSA) is 54.4 Å². The number of carbonyl (C=O) groups is 2. The largest absolute Gasteiger partial charge is 0.481 e. The summed E-state index contributed by atoms with van der Waals surface area (Å²) in [5, 5.41) is 9.99. The van der Waals surface area contributed by atoms with E-state index in [9.17, 15) is 19.1 Å². The summed E-state index contributed by atoms with van der Waals surface area (Å²) in [5.74, 6) is -0.876. The summed E-state index contributed by atoms with van der Waals surface area (Å²) in [4.78, 5) is 25.1. The molecule has 1 aromatic rings. The second-order valence-electron chi connectivity index (χ2n) is 7.78. The number of carboxylic acid groups (broad SMARTS) is 1. The van der Waals surface area contributed by atoms with E-state index in [0.29, 0.717) is 32.1 Å². The Kier molecular flexibility index (Phi) is 3.15. The van der Waals surface area contributed by atoms with Crippen LogP contribution in [-0.2, 0) is 4.79 Å². The molecule has 0 amide bonds. The Labute approximate surface area is 138 Å². The predicted octanol–water partition coefficient (Wildman–Crippen LogP) is 4.33. The Morgan fingerprint density at radius 1 is 1.13 bits per heavy atom. The Balaban J connectivity index is 1.77. The van der Waals surface area contributed by atoms with Crippen molar-refractivity contribution in [3.63, 3.8) is 0 Å². The van der Waals surface area contributed by atoms with Gasteiger partial charge in [0, 0.05) is 11.0 Å². The van der Waals surface area contributed by atoms with E-state index in [2.05, 4.69) is 0 Å². The van der Waals surface area contributed by atoms with Crippen LogP contribution in [0.2, 0.25) is 5.02 Å². The highest BCUT2D eigenvalue weighted by Gasteiger charge is 2.63. The fourth-order valence-corrected chi connectivity index (χ4v) is 5.94. The van der Waals surface area contributed by atoms with Crippen molar-refractivity contribution in [3.05, 3.63) is 34.6 Å². The maximum absolute atomic E-state index is 13.6. The molecule has 4 saturated carbocycles. The van der Waals surface area contributed by atoms with Gasteiger partial charge < -0.3 is 5.11 Å². The zero-order valence-electron chi connectivity index (χ0n) is 12.6. The second-order valence-corrected chi connectivity index (χ2v) is 8.19. The quantitative estimate of drug-likeness (QED) is 0.836. The molecule has 122 valence electrons. The average molecular weight is 337 g/mol. The number of hydrogen-bond donors (Lipinski definition) is 1. The van der Waals surface area contributed by atoms with Gasteiger partial charge in [0.2, 0.25) is 0 Å². The lowest BCUT2D eigenvalue weighted by atomic mass is 9.43. The number of hydrogen-bond acceptors (Lipinski definition) is 2. The molecule has 3 nitrogen and oxygen atoms in total. The smallest absolute Gasteiger partial charge is 0.309 e. The van der Waals surface area contributed by atoms with Crippen LogP contribution >= 0.6 is 11.6 Å². The molecule has 0 aliphatic heterocycles. The minimum atomic E-state index is -0.783. The predicted molar refractivity (Wildman–Crippen MR) is 82.9 cm³/mol. The molecular weight excluding hydrogens is 319 g/mol. The van der Waals surface area contributed by atoms with Crippen molar-refractivity contribution in [2.45, 2.75) is 38.5 Å². The van der Waals surface area contributed by atoms with Crippen molar-refractivity contribution in [1.82, 2.24) is 0 Å². The van der Waals surface area contributed by atoms with E-state index in [-0.39, 0.29) is 28.2 Å². The Bertz CT molecular complexity index is 700. The average Bonchev–Trinajstić information content (AvgIpc) is 2.47. The van der Waals surface area contributed by atoms with Gasteiger partial charge in [-0.15, -0.1) is 0 Å². The number of ketones is 1. The third-order valence-corrected chi connectivity index (χ3v) is 6.50. The molecule has 4 aliphatic rings. The number of carbonyl (C=O) groups excluding carboxylic acids is 1. The van der Waals surface area contributed by atoms with Gasteiger partial charge in [-0.1, -0.05) is 11.6 Å². The van der Waals surface area contributed by atoms with E-state index in [1.165, 1.54) is 18.2 Å². The second kappa shape index (κ2) is 4.79. The minimum absolute atomic E-state index is 0.165. The van der Waals surface area contributed by atoms with Crippen LogP contribution < -0.4 is 0 Å². The summed E-state index contributed by atoms with van der Waals surface area (Å²) in [6.07, 6.45) is 4.15. The molecule has 0 radical (unpaired) electrons. The maximum atomic E-state index is 13.6. The van der Waals surface area contributed by atoms with E-state index >= 15 is 0 Å². The van der Waals surface area contributed by atoms with E-state index in [1.54, 1.807) is 0 Å². The molecular formula is C18H18ClFO3. The zero-order valence-corrected chi connectivity index (χ0v) is 13.4. The number of Topliss-reactive ketones (excluding diaryl/α,β-unsaturated/α-hetero) is 1. The molecule has 4 fully saturated rings. The molecule has 0 saturated heterocycles. The number of rotatable bonds is 3.